The SMILES string of the molecule is COC(=O)/C=C/C(=O)C[C@](C)(O[Si](C)(C)C(C)(C)C)c1cnco1. The number of ketones is 1. The van der Waals surface area contributed by atoms with Crippen molar-refractivity contribution in [2.45, 2.75) is 57.8 Å². The summed E-state index contributed by atoms with van der Waals surface area (Å²) in [6.45, 7) is 12.4. The Morgan fingerprint density at radius 2 is 1.88 bits per heavy atom. The lowest BCUT2D eigenvalue weighted by Crippen LogP contribution is -2.48. The van der Waals surface area contributed by atoms with Gasteiger partial charge in [0.25, 0.3) is 0 Å². The number of carbonyl (C=O) groups excluding carboxylic acids is 2. The fraction of sp³-hybridized carbons (Fsp3) is 0.588. The molecule has 1 aromatic rings. The number of esters is 1. The second-order valence-electron chi connectivity index (χ2n) is 7.46. The number of ether oxygens (including phenoxy) is 1. The molecule has 7 heteroatoms. The summed E-state index contributed by atoms with van der Waals surface area (Å²) in [5, 5.41) is -0.0286. The van der Waals surface area contributed by atoms with Crippen LogP contribution in [0.4, 0.5) is 0 Å². The maximum absolute atomic E-state index is 12.3. The average Bonchev–Trinajstić information content (AvgIpc) is 2.97. The van der Waals surface area contributed by atoms with Gasteiger partial charge in [0.1, 0.15) is 5.60 Å². The van der Waals surface area contributed by atoms with Gasteiger partial charge in [0.15, 0.2) is 26.3 Å². The van der Waals surface area contributed by atoms with E-state index in [-0.39, 0.29) is 17.2 Å². The zero-order valence-electron chi connectivity index (χ0n) is 15.5. The van der Waals surface area contributed by atoms with E-state index in [4.69, 9.17) is 8.84 Å². The van der Waals surface area contributed by atoms with E-state index in [1.54, 1.807) is 6.20 Å². The molecule has 0 aliphatic heterocycles. The van der Waals surface area contributed by atoms with Crippen molar-refractivity contribution in [2.75, 3.05) is 7.11 Å². The molecule has 0 N–H and O–H groups in total. The molecule has 0 fully saturated rings. The van der Waals surface area contributed by atoms with Crippen LogP contribution in [0.2, 0.25) is 18.1 Å². The first-order valence-corrected chi connectivity index (χ1v) is 10.7. The molecule has 1 atom stereocenters. The van der Waals surface area contributed by atoms with Gasteiger partial charge in [-0.15, -0.1) is 0 Å². The molecule has 0 aliphatic carbocycles. The summed E-state index contributed by atoms with van der Waals surface area (Å²) >= 11 is 0. The van der Waals surface area contributed by atoms with Gasteiger partial charge >= 0.3 is 5.97 Å². The Hall–Kier alpha value is -1.73. The Morgan fingerprint density at radius 1 is 1.25 bits per heavy atom. The molecule has 0 bridgehead atoms. The lowest BCUT2D eigenvalue weighted by molar-refractivity contribution is -0.135. The van der Waals surface area contributed by atoms with Crippen molar-refractivity contribution >= 4 is 20.1 Å². The largest absolute Gasteiger partial charge is 0.466 e. The molecule has 1 aromatic heterocycles. The lowest BCUT2D eigenvalue weighted by atomic mass is 9.97. The summed E-state index contributed by atoms with van der Waals surface area (Å²) in [6, 6.07) is 0. The Bertz CT molecular complexity index is 601. The number of methoxy groups -OCH3 is 1. The van der Waals surface area contributed by atoms with Gasteiger partial charge in [-0.25, -0.2) is 9.78 Å². The molecule has 0 aliphatic rings. The molecule has 134 valence electrons. The molecule has 1 rings (SSSR count). The highest BCUT2D eigenvalue weighted by Gasteiger charge is 2.45. The maximum Gasteiger partial charge on any atom is 0.330 e. The fourth-order valence-corrected chi connectivity index (χ4v) is 3.59. The first-order valence-electron chi connectivity index (χ1n) is 7.79. The minimum Gasteiger partial charge on any atom is -0.466 e. The Labute approximate surface area is 144 Å². The summed E-state index contributed by atoms with van der Waals surface area (Å²) in [5.74, 6) is -0.333. The number of nitrogens with zero attached hydrogens (tertiary/aromatic N) is 1. The van der Waals surface area contributed by atoms with E-state index < -0.39 is 19.9 Å². The average molecular weight is 353 g/mol. The van der Waals surface area contributed by atoms with Crippen molar-refractivity contribution in [3.63, 3.8) is 0 Å². The third kappa shape index (κ3) is 5.14. The number of hydrogen-bond acceptors (Lipinski definition) is 6. The number of rotatable bonds is 7. The maximum atomic E-state index is 12.3. The molecular formula is C17H27NO5Si. The van der Waals surface area contributed by atoms with Gasteiger partial charge in [0.2, 0.25) is 0 Å². The molecule has 1 heterocycles. The van der Waals surface area contributed by atoms with E-state index in [0.717, 1.165) is 6.08 Å². The Kier molecular flexibility index (Phi) is 6.30. The molecule has 0 aromatic carbocycles. The molecule has 6 nitrogen and oxygen atoms in total. The van der Waals surface area contributed by atoms with Crippen molar-refractivity contribution in [3.8, 4) is 0 Å². The minimum atomic E-state index is -2.17. The zero-order valence-corrected chi connectivity index (χ0v) is 16.5. The van der Waals surface area contributed by atoms with Crippen LogP contribution in [-0.2, 0) is 24.4 Å². The summed E-state index contributed by atoms with van der Waals surface area (Å²) in [5.41, 5.74) is -0.947. The number of carbonyl (C=O) groups is 2. The Morgan fingerprint density at radius 3 is 2.33 bits per heavy atom. The monoisotopic (exact) mass is 353 g/mol. The predicted octanol–water partition coefficient (Wildman–Crippen LogP) is 3.60. The molecule has 0 amide bonds. The van der Waals surface area contributed by atoms with Crippen molar-refractivity contribution in [3.05, 3.63) is 30.5 Å². The van der Waals surface area contributed by atoms with Crippen LogP contribution < -0.4 is 0 Å². The van der Waals surface area contributed by atoms with E-state index >= 15 is 0 Å². The summed E-state index contributed by atoms with van der Waals surface area (Å²) in [7, 11) is -0.910. The number of hydrogen-bond donors (Lipinski definition) is 0. The standard InChI is InChI=1S/C17H27NO5Si/c1-16(2,3)24(6,7)23-17(4,14-11-18-12-22-14)10-13(19)8-9-15(20)21-5/h8-9,11-12H,10H2,1-7H3/b9-8+/t17-/m0/s1. The van der Waals surface area contributed by atoms with E-state index in [2.05, 4.69) is 43.6 Å². The second kappa shape index (κ2) is 7.44. The normalized spacial score (nSPS) is 15.3. The van der Waals surface area contributed by atoms with Crippen LogP contribution in [0.25, 0.3) is 0 Å². The molecule has 0 unspecified atom stereocenters. The van der Waals surface area contributed by atoms with Crippen molar-refractivity contribution in [2.24, 2.45) is 0 Å². The van der Waals surface area contributed by atoms with Crippen molar-refractivity contribution < 1.29 is 23.2 Å². The quantitative estimate of drug-likeness (QED) is 0.423. The van der Waals surface area contributed by atoms with Gasteiger partial charge in [0, 0.05) is 12.5 Å². The summed E-state index contributed by atoms with van der Waals surface area (Å²) in [4.78, 5) is 27.4. The van der Waals surface area contributed by atoms with Gasteiger partial charge in [-0.05, 0) is 31.1 Å². The second-order valence-corrected chi connectivity index (χ2v) is 12.2. The van der Waals surface area contributed by atoms with Crippen molar-refractivity contribution in [1.29, 1.82) is 0 Å². The van der Waals surface area contributed by atoms with Crippen LogP contribution in [0.15, 0.2) is 29.2 Å². The zero-order chi connectivity index (χ0) is 18.6. The third-order valence-corrected chi connectivity index (χ3v) is 8.93. The highest BCUT2D eigenvalue weighted by Crippen LogP contribution is 2.43. The van der Waals surface area contributed by atoms with Gasteiger partial charge < -0.3 is 13.6 Å². The van der Waals surface area contributed by atoms with Crippen LogP contribution in [0.5, 0.6) is 0 Å². The summed E-state index contributed by atoms with van der Waals surface area (Å²) < 4.78 is 16.4. The highest BCUT2D eigenvalue weighted by atomic mass is 28.4. The van der Waals surface area contributed by atoms with E-state index in [0.29, 0.717) is 5.76 Å². The van der Waals surface area contributed by atoms with Crippen LogP contribution in [0.3, 0.4) is 0 Å². The van der Waals surface area contributed by atoms with E-state index in [1.807, 2.05) is 6.92 Å². The van der Waals surface area contributed by atoms with E-state index in [1.165, 1.54) is 19.6 Å². The summed E-state index contributed by atoms with van der Waals surface area (Å²) in [6.07, 6.45) is 5.23. The van der Waals surface area contributed by atoms with Crippen LogP contribution >= 0.6 is 0 Å². The molecular weight excluding hydrogens is 326 g/mol. The number of oxazole rings is 1. The molecule has 0 radical (unpaired) electrons. The third-order valence-electron chi connectivity index (χ3n) is 4.36. The van der Waals surface area contributed by atoms with Crippen LogP contribution in [-0.4, -0.2) is 32.2 Å². The molecule has 0 spiro atoms. The van der Waals surface area contributed by atoms with Crippen LogP contribution in [0, 0.1) is 0 Å². The van der Waals surface area contributed by atoms with Crippen molar-refractivity contribution in [1.82, 2.24) is 4.98 Å². The number of allylic oxidation sites excluding steroid dienone is 1. The lowest BCUT2D eigenvalue weighted by Gasteiger charge is -2.43. The predicted molar refractivity (Wildman–Crippen MR) is 92.9 cm³/mol. The smallest absolute Gasteiger partial charge is 0.330 e. The topological polar surface area (TPSA) is 78.6 Å². The van der Waals surface area contributed by atoms with E-state index in [9.17, 15) is 9.59 Å². The molecule has 0 saturated heterocycles. The van der Waals surface area contributed by atoms with Gasteiger partial charge in [-0.1, -0.05) is 20.8 Å². The fourth-order valence-electron chi connectivity index (χ4n) is 1.99. The van der Waals surface area contributed by atoms with Crippen LogP contribution in [0.1, 0.15) is 39.9 Å². The molecule has 0 saturated carbocycles. The first kappa shape index (κ1) is 20.3. The van der Waals surface area contributed by atoms with Gasteiger partial charge in [-0.3, -0.25) is 4.79 Å². The Balaban J connectivity index is 3.07. The molecule has 24 heavy (non-hydrogen) atoms. The first-order chi connectivity index (χ1) is 10.9. The number of aromatic nitrogens is 1. The van der Waals surface area contributed by atoms with Gasteiger partial charge in [-0.2, -0.15) is 0 Å². The minimum absolute atomic E-state index is 0.0286. The van der Waals surface area contributed by atoms with Gasteiger partial charge in [0.05, 0.1) is 13.3 Å². The highest BCUT2D eigenvalue weighted by molar-refractivity contribution is 6.74.